The van der Waals surface area contributed by atoms with Crippen molar-refractivity contribution in [2.45, 2.75) is 38.9 Å². The van der Waals surface area contributed by atoms with Crippen LogP contribution in [0, 0.1) is 25.7 Å². The van der Waals surface area contributed by atoms with Crippen molar-refractivity contribution in [1.29, 1.82) is 0 Å². The second-order valence-corrected chi connectivity index (χ2v) is 7.02. The summed E-state index contributed by atoms with van der Waals surface area (Å²) in [6.45, 7) is 3.74. The molecule has 0 radical (unpaired) electrons. The monoisotopic (exact) mass is 337 g/mol. The number of carboxylic acid groups (broad SMARTS) is 1. The third kappa shape index (κ3) is 2.72. The van der Waals surface area contributed by atoms with Crippen molar-refractivity contribution in [2.75, 3.05) is 0 Å². The summed E-state index contributed by atoms with van der Waals surface area (Å²) in [6, 6.07) is 0. The Balaban J connectivity index is 1.64. The molecule has 4 atom stereocenters. The minimum absolute atomic E-state index is 0.422. The van der Waals surface area contributed by atoms with Gasteiger partial charge in [-0.15, -0.1) is 11.3 Å². The minimum Gasteiger partial charge on any atom is -0.550 e. The lowest BCUT2D eigenvalue weighted by atomic mass is 9.79. The van der Waals surface area contributed by atoms with Crippen LogP contribution in [-0.2, 0) is 14.3 Å². The van der Waals surface area contributed by atoms with Gasteiger partial charge in [0.05, 0.1) is 23.7 Å². The second kappa shape index (κ2) is 5.93. The number of fused-ring (bicyclic) bond motifs is 2. The number of aliphatic carboxylic acids is 1. The van der Waals surface area contributed by atoms with Crippen molar-refractivity contribution in [2.24, 2.45) is 11.8 Å². The summed E-state index contributed by atoms with van der Waals surface area (Å²) in [5.41, 5.74) is 6.02. The molecule has 1 aromatic heterocycles. The number of carbonyl (C=O) groups excluding carboxylic acids is 3. The Bertz CT molecular complexity index is 671. The Hall–Kier alpha value is -1.93. The molecule has 3 heterocycles. The summed E-state index contributed by atoms with van der Waals surface area (Å²) in [5.74, 6) is -4.05. The van der Waals surface area contributed by atoms with Crippen LogP contribution in [0.3, 0.4) is 0 Å². The van der Waals surface area contributed by atoms with E-state index in [0.29, 0.717) is 18.4 Å². The second-order valence-electron chi connectivity index (χ2n) is 5.93. The first-order valence-electron chi connectivity index (χ1n) is 7.41. The van der Waals surface area contributed by atoms with E-state index in [0.717, 1.165) is 10.4 Å². The predicted molar refractivity (Wildman–Crippen MR) is 79.3 cm³/mol. The molecule has 2 N–H and O–H groups in total. The van der Waals surface area contributed by atoms with E-state index in [1.54, 1.807) is 5.38 Å². The van der Waals surface area contributed by atoms with Crippen LogP contribution in [0.15, 0.2) is 5.38 Å². The minimum atomic E-state index is -1.28. The normalized spacial score (nSPS) is 28.6. The number of nitrogens with one attached hydrogen (secondary N) is 2. The first-order chi connectivity index (χ1) is 10.9. The molecule has 7 nitrogen and oxygen atoms in total. The van der Waals surface area contributed by atoms with Crippen LogP contribution in [0.2, 0.25) is 0 Å². The zero-order valence-electron chi connectivity index (χ0n) is 12.8. The SMILES string of the molecule is Cc1scc(C(=O)NNC(=O)C2C3CCC(O3)C2C(=O)[O-])c1C. The molecule has 8 heteroatoms. The molecule has 2 saturated heterocycles. The maximum Gasteiger partial charge on any atom is 0.270 e. The molecule has 0 spiro atoms. The van der Waals surface area contributed by atoms with Crippen molar-refractivity contribution in [1.82, 2.24) is 10.9 Å². The predicted octanol–water partition coefficient (Wildman–Crippen LogP) is -0.331. The summed E-state index contributed by atoms with van der Waals surface area (Å²) in [7, 11) is 0. The van der Waals surface area contributed by atoms with Gasteiger partial charge in [0, 0.05) is 22.1 Å². The zero-order chi connectivity index (χ0) is 16.7. The van der Waals surface area contributed by atoms with Crippen molar-refractivity contribution >= 4 is 29.1 Å². The molecule has 3 rings (SSSR count). The van der Waals surface area contributed by atoms with E-state index in [9.17, 15) is 19.5 Å². The molecule has 1 aromatic rings. The number of carbonyl (C=O) groups is 3. The lowest BCUT2D eigenvalue weighted by Crippen LogP contribution is -2.52. The molecule has 23 heavy (non-hydrogen) atoms. The molecule has 124 valence electrons. The highest BCUT2D eigenvalue weighted by molar-refractivity contribution is 7.10. The molecule has 0 aliphatic carbocycles. The van der Waals surface area contributed by atoms with Gasteiger partial charge in [-0.25, -0.2) is 0 Å². The van der Waals surface area contributed by atoms with E-state index in [-0.39, 0.29) is 0 Å². The molecule has 2 fully saturated rings. The summed E-state index contributed by atoms with van der Waals surface area (Å²) in [6.07, 6.45) is 0.360. The smallest absolute Gasteiger partial charge is 0.270 e. The maximum atomic E-state index is 12.3. The van der Waals surface area contributed by atoms with Crippen molar-refractivity contribution in [3.8, 4) is 0 Å². The van der Waals surface area contributed by atoms with Crippen LogP contribution >= 0.6 is 11.3 Å². The number of hydrazine groups is 1. The lowest BCUT2D eigenvalue weighted by Gasteiger charge is -2.27. The molecule has 2 amide bonds. The maximum absolute atomic E-state index is 12.3. The average molecular weight is 337 g/mol. The van der Waals surface area contributed by atoms with Crippen molar-refractivity contribution in [3.05, 3.63) is 21.4 Å². The topological polar surface area (TPSA) is 108 Å². The molecule has 2 bridgehead atoms. The first kappa shape index (κ1) is 15.9. The van der Waals surface area contributed by atoms with Gasteiger partial charge in [0.25, 0.3) is 5.91 Å². The first-order valence-corrected chi connectivity index (χ1v) is 8.29. The van der Waals surface area contributed by atoms with E-state index in [2.05, 4.69) is 10.9 Å². The van der Waals surface area contributed by atoms with E-state index in [4.69, 9.17) is 4.74 Å². The molecular weight excluding hydrogens is 320 g/mol. The Morgan fingerprint density at radius 2 is 1.83 bits per heavy atom. The fourth-order valence-corrected chi connectivity index (χ4v) is 4.18. The molecule has 2 aliphatic heterocycles. The Labute approximate surface area is 137 Å². The van der Waals surface area contributed by atoms with Crippen LogP contribution in [0.4, 0.5) is 0 Å². The van der Waals surface area contributed by atoms with Crippen LogP contribution in [-0.4, -0.2) is 30.0 Å². The van der Waals surface area contributed by atoms with E-state index >= 15 is 0 Å². The van der Waals surface area contributed by atoms with Gasteiger partial charge in [-0.1, -0.05) is 0 Å². The number of rotatable bonds is 3. The van der Waals surface area contributed by atoms with Crippen LogP contribution in [0.5, 0.6) is 0 Å². The van der Waals surface area contributed by atoms with Gasteiger partial charge in [0.1, 0.15) is 0 Å². The average Bonchev–Trinajstić information content (AvgIpc) is 3.20. The third-order valence-electron chi connectivity index (χ3n) is 4.68. The van der Waals surface area contributed by atoms with Gasteiger partial charge >= 0.3 is 0 Å². The number of ether oxygens (including phenoxy) is 1. The van der Waals surface area contributed by atoms with Gasteiger partial charge in [0.15, 0.2) is 0 Å². The summed E-state index contributed by atoms with van der Waals surface area (Å²) in [5, 5.41) is 13.0. The number of carboxylic acids is 1. The highest BCUT2D eigenvalue weighted by Crippen LogP contribution is 2.43. The van der Waals surface area contributed by atoms with E-state index < -0.39 is 41.8 Å². The largest absolute Gasteiger partial charge is 0.550 e. The van der Waals surface area contributed by atoms with E-state index in [1.165, 1.54) is 11.3 Å². The third-order valence-corrected chi connectivity index (χ3v) is 5.69. The lowest BCUT2D eigenvalue weighted by molar-refractivity contribution is -0.314. The number of aryl methyl sites for hydroxylation is 1. The van der Waals surface area contributed by atoms with Crippen LogP contribution in [0.1, 0.15) is 33.6 Å². The van der Waals surface area contributed by atoms with Gasteiger partial charge in [0.2, 0.25) is 5.91 Å². The van der Waals surface area contributed by atoms with Crippen molar-refractivity contribution < 1.29 is 24.2 Å². The van der Waals surface area contributed by atoms with E-state index in [1.807, 2.05) is 13.8 Å². The fourth-order valence-electron chi connectivity index (χ4n) is 3.32. The number of thiophene rings is 1. The molecule has 2 aliphatic rings. The molecule has 0 saturated carbocycles. The fraction of sp³-hybridized carbons (Fsp3) is 0.533. The Kier molecular flexibility index (Phi) is 4.11. The standard InChI is InChI=1S/C15H18N2O5S/c1-6-7(2)23-5-8(6)13(18)16-17-14(19)11-9-3-4-10(22-9)12(11)15(20)21/h5,9-12H,3-4H2,1-2H3,(H,16,18)(H,17,19)(H,20,21)/p-1. The molecular formula is C15H17N2O5S-. The number of hydrogen-bond donors (Lipinski definition) is 2. The Morgan fingerprint density at radius 1 is 1.17 bits per heavy atom. The van der Waals surface area contributed by atoms with Crippen molar-refractivity contribution in [3.63, 3.8) is 0 Å². The summed E-state index contributed by atoms with van der Waals surface area (Å²) in [4.78, 5) is 36.7. The quantitative estimate of drug-likeness (QED) is 0.734. The number of hydrogen-bond acceptors (Lipinski definition) is 6. The van der Waals surface area contributed by atoms with Crippen LogP contribution in [0.25, 0.3) is 0 Å². The molecule has 0 aromatic carbocycles. The highest BCUT2D eigenvalue weighted by atomic mass is 32.1. The number of amides is 2. The van der Waals surface area contributed by atoms with Gasteiger partial charge < -0.3 is 14.6 Å². The summed E-state index contributed by atoms with van der Waals surface area (Å²) >= 11 is 1.45. The highest BCUT2D eigenvalue weighted by Gasteiger charge is 2.52. The van der Waals surface area contributed by atoms with Gasteiger partial charge in [-0.05, 0) is 32.3 Å². The Morgan fingerprint density at radius 3 is 2.39 bits per heavy atom. The summed E-state index contributed by atoms with van der Waals surface area (Å²) < 4.78 is 5.50. The van der Waals surface area contributed by atoms with Gasteiger partial charge in [-0.2, -0.15) is 0 Å². The van der Waals surface area contributed by atoms with Gasteiger partial charge in [-0.3, -0.25) is 20.4 Å². The zero-order valence-corrected chi connectivity index (χ0v) is 13.6. The van der Waals surface area contributed by atoms with Crippen LogP contribution < -0.4 is 16.0 Å². The molecule has 4 unspecified atom stereocenters.